The Balaban J connectivity index is 2.02. The van der Waals surface area contributed by atoms with Gasteiger partial charge in [0.15, 0.2) is 5.78 Å². The molecule has 0 fully saturated rings. The van der Waals surface area contributed by atoms with Gasteiger partial charge in [-0.15, -0.1) is 0 Å². The van der Waals surface area contributed by atoms with E-state index in [2.05, 4.69) is 10.6 Å². The molecule has 1 aromatic carbocycles. The molecular weight excluding hydrogens is 388 g/mol. The lowest BCUT2D eigenvalue weighted by Crippen LogP contribution is -2.42. The lowest BCUT2D eigenvalue weighted by molar-refractivity contribution is -0.148. The zero-order valence-electron chi connectivity index (χ0n) is 18.0. The fraction of sp³-hybridized carbons (Fsp3) is 0.455. The van der Waals surface area contributed by atoms with Gasteiger partial charge in [-0.1, -0.05) is 26.0 Å². The van der Waals surface area contributed by atoms with E-state index in [1.807, 2.05) is 13.8 Å². The number of carbonyl (C=O) groups is 4. The van der Waals surface area contributed by atoms with E-state index >= 15 is 0 Å². The van der Waals surface area contributed by atoms with Gasteiger partial charge in [0, 0.05) is 24.6 Å². The van der Waals surface area contributed by atoms with Crippen molar-refractivity contribution < 1.29 is 28.7 Å². The van der Waals surface area contributed by atoms with Crippen molar-refractivity contribution in [2.45, 2.75) is 40.2 Å². The Hall–Kier alpha value is -3.16. The molecule has 1 aliphatic carbocycles. The van der Waals surface area contributed by atoms with Gasteiger partial charge in [-0.05, 0) is 25.3 Å². The molecule has 0 spiro atoms. The van der Waals surface area contributed by atoms with Crippen molar-refractivity contribution in [1.82, 2.24) is 10.6 Å². The average Bonchev–Trinajstić information content (AvgIpc) is 2.69. The molecule has 1 unspecified atom stereocenters. The molecule has 2 rings (SSSR count). The largest absolute Gasteiger partial charge is 0.496 e. The van der Waals surface area contributed by atoms with Crippen molar-refractivity contribution in [3.8, 4) is 5.75 Å². The summed E-state index contributed by atoms with van der Waals surface area (Å²) in [4.78, 5) is 49.2. The van der Waals surface area contributed by atoms with Gasteiger partial charge in [-0.3, -0.25) is 14.4 Å². The monoisotopic (exact) mass is 416 g/mol. The number of benzene rings is 1. The summed E-state index contributed by atoms with van der Waals surface area (Å²) in [6.07, 6.45) is 0.458. The van der Waals surface area contributed by atoms with E-state index in [4.69, 9.17) is 9.47 Å². The smallest absolute Gasteiger partial charge is 0.328 e. The third-order valence-corrected chi connectivity index (χ3v) is 4.68. The van der Waals surface area contributed by atoms with Crippen LogP contribution in [0.5, 0.6) is 5.75 Å². The number of methoxy groups -OCH3 is 1. The normalized spacial score (nSPS) is 14.3. The first-order valence-corrected chi connectivity index (χ1v) is 9.82. The second-order valence-electron chi connectivity index (χ2n) is 7.52. The molecule has 0 aromatic heterocycles. The molecule has 1 atom stereocenters. The summed E-state index contributed by atoms with van der Waals surface area (Å²) in [5.41, 5.74) is 0.982. The van der Waals surface area contributed by atoms with Gasteiger partial charge >= 0.3 is 5.97 Å². The number of carbonyl (C=O) groups excluding carboxylic acids is 4. The number of allylic oxidation sites excluding steroid dienone is 2. The second kappa shape index (κ2) is 10.0. The number of amides is 1. The SMILES string of the molecule is COc1cccc2c1C(=O)C(NCCOC(=O)C(CC(C)C)NC(C)=O)=C(C)C2=O. The highest BCUT2D eigenvalue weighted by molar-refractivity contribution is 6.27. The lowest BCUT2D eigenvalue weighted by atomic mass is 9.87. The highest BCUT2D eigenvalue weighted by Crippen LogP contribution is 2.31. The van der Waals surface area contributed by atoms with Crippen LogP contribution in [-0.4, -0.2) is 49.7 Å². The number of esters is 1. The number of fused-ring (bicyclic) bond motifs is 1. The van der Waals surface area contributed by atoms with E-state index in [0.29, 0.717) is 23.3 Å². The van der Waals surface area contributed by atoms with E-state index in [0.717, 1.165) is 0 Å². The Kier molecular flexibility index (Phi) is 7.74. The van der Waals surface area contributed by atoms with Crippen LogP contribution in [0.2, 0.25) is 0 Å². The maximum absolute atomic E-state index is 12.9. The number of ether oxygens (including phenoxy) is 2. The van der Waals surface area contributed by atoms with Crippen molar-refractivity contribution in [2.75, 3.05) is 20.3 Å². The van der Waals surface area contributed by atoms with Crippen LogP contribution < -0.4 is 15.4 Å². The molecule has 0 heterocycles. The van der Waals surface area contributed by atoms with E-state index in [1.165, 1.54) is 14.0 Å². The first kappa shape index (κ1) is 23.1. The first-order valence-electron chi connectivity index (χ1n) is 9.82. The van der Waals surface area contributed by atoms with Crippen molar-refractivity contribution in [2.24, 2.45) is 5.92 Å². The van der Waals surface area contributed by atoms with Gasteiger partial charge in [0.2, 0.25) is 11.7 Å². The van der Waals surface area contributed by atoms with E-state index in [-0.39, 0.29) is 47.8 Å². The van der Waals surface area contributed by atoms with Crippen LogP contribution in [0.1, 0.15) is 54.8 Å². The number of ketones is 2. The standard InChI is InChI=1S/C22H28N2O6/c1-12(2)11-16(24-14(4)25)22(28)30-10-9-23-19-13(3)20(26)15-7-6-8-17(29-5)18(15)21(19)27/h6-8,12,16,23H,9-11H2,1-5H3,(H,24,25). The quantitative estimate of drug-likeness (QED) is 0.468. The van der Waals surface area contributed by atoms with Crippen molar-refractivity contribution in [3.63, 3.8) is 0 Å². The molecule has 8 nitrogen and oxygen atoms in total. The van der Waals surface area contributed by atoms with Crippen LogP contribution in [0.4, 0.5) is 0 Å². The highest BCUT2D eigenvalue weighted by atomic mass is 16.5. The molecule has 0 radical (unpaired) electrons. The van der Waals surface area contributed by atoms with Gasteiger partial charge < -0.3 is 20.1 Å². The summed E-state index contributed by atoms with van der Waals surface area (Å²) in [5, 5.41) is 5.50. The number of hydrogen-bond acceptors (Lipinski definition) is 7. The summed E-state index contributed by atoms with van der Waals surface area (Å²) >= 11 is 0. The maximum atomic E-state index is 12.9. The number of rotatable bonds is 9. The van der Waals surface area contributed by atoms with Gasteiger partial charge in [0.1, 0.15) is 18.4 Å². The topological polar surface area (TPSA) is 111 Å². The minimum Gasteiger partial charge on any atom is -0.496 e. The Morgan fingerprint density at radius 3 is 2.43 bits per heavy atom. The second-order valence-corrected chi connectivity index (χ2v) is 7.52. The summed E-state index contributed by atoms with van der Waals surface area (Å²) in [7, 11) is 1.44. The van der Waals surface area contributed by atoms with Crippen LogP contribution in [0.3, 0.4) is 0 Å². The minimum atomic E-state index is -0.725. The van der Waals surface area contributed by atoms with E-state index in [1.54, 1.807) is 25.1 Å². The lowest BCUT2D eigenvalue weighted by Gasteiger charge is -2.22. The molecule has 1 aliphatic rings. The average molecular weight is 416 g/mol. The fourth-order valence-corrected chi connectivity index (χ4v) is 3.31. The van der Waals surface area contributed by atoms with Crippen LogP contribution in [0, 0.1) is 5.92 Å². The molecule has 8 heteroatoms. The van der Waals surface area contributed by atoms with Crippen LogP contribution in [0.15, 0.2) is 29.5 Å². The summed E-state index contributed by atoms with van der Waals surface area (Å²) in [6, 6.07) is 4.16. The van der Waals surface area contributed by atoms with E-state index < -0.39 is 12.0 Å². The predicted molar refractivity (Wildman–Crippen MR) is 110 cm³/mol. The molecule has 162 valence electrons. The van der Waals surface area contributed by atoms with E-state index in [9.17, 15) is 19.2 Å². The Labute approximate surface area is 176 Å². The summed E-state index contributed by atoms with van der Waals surface area (Å²) in [5.74, 6) is -0.926. The van der Waals surface area contributed by atoms with Crippen LogP contribution in [-0.2, 0) is 14.3 Å². The summed E-state index contributed by atoms with van der Waals surface area (Å²) < 4.78 is 10.5. The maximum Gasteiger partial charge on any atom is 0.328 e. The zero-order chi connectivity index (χ0) is 22.4. The Bertz CT molecular complexity index is 888. The Morgan fingerprint density at radius 2 is 1.83 bits per heavy atom. The predicted octanol–water partition coefficient (Wildman–Crippen LogP) is 2.03. The Morgan fingerprint density at radius 1 is 1.13 bits per heavy atom. The molecule has 0 saturated heterocycles. The molecule has 0 aliphatic heterocycles. The van der Waals surface area contributed by atoms with Crippen molar-refractivity contribution in [3.05, 3.63) is 40.6 Å². The van der Waals surface area contributed by atoms with Crippen LogP contribution >= 0.6 is 0 Å². The van der Waals surface area contributed by atoms with Gasteiger partial charge in [-0.25, -0.2) is 4.79 Å². The van der Waals surface area contributed by atoms with Crippen molar-refractivity contribution in [1.29, 1.82) is 0 Å². The number of hydrogen-bond donors (Lipinski definition) is 2. The number of Topliss-reactive ketones (excluding diaryl/α,β-unsaturated/α-hetero) is 2. The molecule has 30 heavy (non-hydrogen) atoms. The number of nitrogens with one attached hydrogen (secondary N) is 2. The van der Waals surface area contributed by atoms with Crippen LogP contribution in [0.25, 0.3) is 0 Å². The molecule has 1 aromatic rings. The third kappa shape index (κ3) is 5.25. The zero-order valence-corrected chi connectivity index (χ0v) is 18.0. The van der Waals surface area contributed by atoms with Gasteiger partial charge in [-0.2, -0.15) is 0 Å². The van der Waals surface area contributed by atoms with Gasteiger partial charge in [0.25, 0.3) is 0 Å². The molecule has 0 saturated carbocycles. The highest BCUT2D eigenvalue weighted by Gasteiger charge is 2.32. The van der Waals surface area contributed by atoms with Crippen molar-refractivity contribution >= 4 is 23.4 Å². The minimum absolute atomic E-state index is 0.0238. The fourth-order valence-electron chi connectivity index (χ4n) is 3.31. The molecule has 1 amide bonds. The molecular formula is C22H28N2O6. The third-order valence-electron chi connectivity index (χ3n) is 4.68. The summed E-state index contributed by atoms with van der Waals surface area (Å²) in [6.45, 7) is 6.91. The molecule has 0 bridgehead atoms. The molecule has 2 N–H and O–H groups in total. The first-order chi connectivity index (χ1) is 14.2. The van der Waals surface area contributed by atoms with Gasteiger partial charge in [0.05, 0.1) is 18.4 Å².